The van der Waals surface area contributed by atoms with Crippen molar-refractivity contribution in [3.63, 3.8) is 0 Å². The monoisotopic (exact) mass is 230 g/mol. The zero-order valence-electron chi connectivity index (χ0n) is 10.2. The van der Waals surface area contributed by atoms with Crippen LogP contribution in [0, 0.1) is 5.41 Å². The van der Waals surface area contributed by atoms with Crippen LogP contribution in [-0.2, 0) is 14.4 Å². The van der Waals surface area contributed by atoms with Gasteiger partial charge < -0.3 is 10.1 Å². The number of nitrogens with one attached hydrogen (secondary N) is 2. The number of hydroxylamine groups is 1. The van der Waals surface area contributed by atoms with E-state index in [-0.39, 0.29) is 11.3 Å². The molecule has 0 bridgehead atoms. The van der Waals surface area contributed by atoms with Gasteiger partial charge in [-0.05, 0) is 19.4 Å². The highest BCUT2D eigenvalue weighted by molar-refractivity contribution is 5.82. The van der Waals surface area contributed by atoms with Gasteiger partial charge in [-0.25, -0.2) is 5.48 Å². The first kappa shape index (κ1) is 13.4. The molecule has 0 radical (unpaired) electrons. The Kier molecular flexibility index (Phi) is 5.73. The number of carbonyl (C=O) groups is 1. The van der Waals surface area contributed by atoms with Crippen LogP contribution >= 0.6 is 0 Å². The van der Waals surface area contributed by atoms with Gasteiger partial charge in [0, 0.05) is 13.7 Å². The maximum atomic E-state index is 12.0. The molecule has 1 heterocycles. The molecule has 1 amide bonds. The molecule has 0 aromatic rings. The van der Waals surface area contributed by atoms with Crippen molar-refractivity contribution in [2.24, 2.45) is 5.41 Å². The Morgan fingerprint density at radius 1 is 1.50 bits per heavy atom. The Labute approximate surface area is 96.8 Å². The van der Waals surface area contributed by atoms with Crippen LogP contribution in [-0.4, -0.2) is 39.3 Å². The van der Waals surface area contributed by atoms with Crippen LogP contribution < -0.4 is 10.8 Å². The highest BCUT2D eigenvalue weighted by Crippen LogP contribution is 2.31. The molecule has 0 aliphatic carbocycles. The lowest BCUT2D eigenvalue weighted by Crippen LogP contribution is -2.42. The van der Waals surface area contributed by atoms with Crippen LogP contribution in [0.4, 0.5) is 0 Å². The number of amides is 1. The lowest BCUT2D eigenvalue weighted by atomic mass is 9.82. The predicted octanol–water partition coefficient (Wildman–Crippen LogP) is 0.460. The summed E-state index contributed by atoms with van der Waals surface area (Å²) in [5, 5.41) is 3.24. The molecular weight excluding hydrogens is 208 g/mol. The van der Waals surface area contributed by atoms with Gasteiger partial charge in [-0.1, -0.05) is 13.3 Å². The topological polar surface area (TPSA) is 59.6 Å². The quantitative estimate of drug-likeness (QED) is 0.493. The lowest BCUT2D eigenvalue weighted by Gasteiger charge is -2.25. The molecule has 1 aliphatic rings. The molecule has 1 aliphatic heterocycles. The first-order valence-electron chi connectivity index (χ1n) is 5.87. The Morgan fingerprint density at radius 2 is 2.31 bits per heavy atom. The van der Waals surface area contributed by atoms with E-state index in [1.165, 1.54) is 0 Å². The van der Waals surface area contributed by atoms with Crippen LogP contribution in [0.15, 0.2) is 0 Å². The van der Waals surface area contributed by atoms with Crippen molar-refractivity contribution >= 4 is 5.91 Å². The molecule has 0 saturated carbocycles. The fourth-order valence-corrected chi connectivity index (χ4v) is 2.09. The molecule has 1 fully saturated rings. The Bertz CT molecular complexity index is 215. The standard InChI is InChI=1S/C11H22N2O3/c1-3-4-11(5-6-12-9-11)10(14)13-16-8-7-15-2/h12H,3-9H2,1-2H3,(H,13,14). The van der Waals surface area contributed by atoms with Gasteiger partial charge in [-0.15, -0.1) is 0 Å². The van der Waals surface area contributed by atoms with Crippen molar-refractivity contribution in [1.82, 2.24) is 10.8 Å². The van der Waals surface area contributed by atoms with Crippen LogP contribution in [0.2, 0.25) is 0 Å². The molecule has 1 rings (SSSR count). The van der Waals surface area contributed by atoms with Gasteiger partial charge in [-0.2, -0.15) is 0 Å². The first-order chi connectivity index (χ1) is 7.75. The molecule has 94 valence electrons. The molecule has 5 heteroatoms. The average Bonchev–Trinajstić information content (AvgIpc) is 2.74. The van der Waals surface area contributed by atoms with Crippen molar-refractivity contribution in [2.45, 2.75) is 26.2 Å². The summed E-state index contributed by atoms with van der Waals surface area (Å²) in [4.78, 5) is 17.1. The smallest absolute Gasteiger partial charge is 0.251 e. The van der Waals surface area contributed by atoms with Gasteiger partial charge in [0.05, 0.1) is 18.6 Å². The maximum Gasteiger partial charge on any atom is 0.251 e. The van der Waals surface area contributed by atoms with Gasteiger partial charge in [0.1, 0.15) is 0 Å². The minimum absolute atomic E-state index is 0.00421. The molecule has 1 unspecified atom stereocenters. The van der Waals surface area contributed by atoms with Gasteiger partial charge in [0.2, 0.25) is 0 Å². The molecule has 2 N–H and O–H groups in total. The summed E-state index contributed by atoms with van der Waals surface area (Å²) < 4.78 is 4.83. The van der Waals surface area contributed by atoms with E-state index >= 15 is 0 Å². The summed E-state index contributed by atoms with van der Waals surface area (Å²) >= 11 is 0. The van der Waals surface area contributed by atoms with Crippen molar-refractivity contribution < 1.29 is 14.4 Å². The van der Waals surface area contributed by atoms with E-state index in [2.05, 4.69) is 17.7 Å². The van der Waals surface area contributed by atoms with Gasteiger partial charge in [0.15, 0.2) is 0 Å². The SMILES string of the molecule is CCCC1(C(=O)NOCCOC)CCNC1. The highest BCUT2D eigenvalue weighted by Gasteiger charge is 2.40. The molecular formula is C11H22N2O3. The van der Waals surface area contributed by atoms with E-state index in [1.54, 1.807) is 7.11 Å². The highest BCUT2D eigenvalue weighted by atomic mass is 16.7. The van der Waals surface area contributed by atoms with Crippen molar-refractivity contribution in [3.8, 4) is 0 Å². The maximum absolute atomic E-state index is 12.0. The number of carbonyl (C=O) groups excluding carboxylic acids is 1. The second kappa shape index (κ2) is 6.83. The number of ether oxygens (including phenoxy) is 1. The zero-order valence-corrected chi connectivity index (χ0v) is 10.2. The van der Waals surface area contributed by atoms with E-state index in [0.29, 0.717) is 13.2 Å². The number of hydrogen-bond acceptors (Lipinski definition) is 4. The predicted molar refractivity (Wildman–Crippen MR) is 60.8 cm³/mol. The molecule has 0 spiro atoms. The van der Waals surface area contributed by atoms with E-state index in [1.807, 2.05) is 0 Å². The third-order valence-corrected chi connectivity index (χ3v) is 3.01. The lowest BCUT2D eigenvalue weighted by molar-refractivity contribution is -0.144. The molecule has 1 saturated heterocycles. The zero-order chi connectivity index (χ0) is 11.9. The van der Waals surface area contributed by atoms with E-state index in [0.717, 1.165) is 32.4 Å². The van der Waals surface area contributed by atoms with Crippen LogP contribution in [0.5, 0.6) is 0 Å². The minimum atomic E-state index is -0.276. The third-order valence-electron chi connectivity index (χ3n) is 3.01. The summed E-state index contributed by atoms with van der Waals surface area (Å²) in [5.74, 6) is -0.00421. The molecule has 16 heavy (non-hydrogen) atoms. The minimum Gasteiger partial charge on any atom is -0.382 e. The molecule has 0 aromatic carbocycles. The van der Waals surface area contributed by atoms with Gasteiger partial charge in [0.25, 0.3) is 5.91 Å². The molecule has 5 nitrogen and oxygen atoms in total. The van der Waals surface area contributed by atoms with E-state index < -0.39 is 0 Å². The Morgan fingerprint density at radius 3 is 2.88 bits per heavy atom. The molecule has 0 aromatic heterocycles. The Balaban J connectivity index is 2.36. The van der Waals surface area contributed by atoms with Crippen LogP contribution in [0.3, 0.4) is 0 Å². The average molecular weight is 230 g/mol. The summed E-state index contributed by atoms with van der Waals surface area (Å²) in [6, 6.07) is 0. The van der Waals surface area contributed by atoms with Crippen molar-refractivity contribution in [1.29, 1.82) is 0 Å². The summed E-state index contributed by atoms with van der Waals surface area (Å²) in [6.45, 7) is 4.63. The van der Waals surface area contributed by atoms with Crippen LogP contribution in [0.25, 0.3) is 0 Å². The second-order valence-electron chi connectivity index (χ2n) is 4.23. The Hall–Kier alpha value is -0.650. The number of hydrogen-bond donors (Lipinski definition) is 2. The summed E-state index contributed by atoms with van der Waals surface area (Å²) in [7, 11) is 1.60. The van der Waals surface area contributed by atoms with Crippen molar-refractivity contribution in [2.75, 3.05) is 33.4 Å². The fourth-order valence-electron chi connectivity index (χ4n) is 2.09. The van der Waals surface area contributed by atoms with Crippen molar-refractivity contribution in [3.05, 3.63) is 0 Å². The summed E-state index contributed by atoms with van der Waals surface area (Å²) in [5.41, 5.74) is 2.25. The number of methoxy groups -OCH3 is 1. The van der Waals surface area contributed by atoms with E-state index in [9.17, 15) is 4.79 Å². The molecule has 1 atom stereocenters. The normalized spacial score (nSPS) is 24.6. The van der Waals surface area contributed by atoms with Gasteiger partial charge >= 0.3 is 0 Å². The summed E-state index contributed by atoms with van der Waals surface area (Å²) in [6.07, 6.45) is 2.80. The number of rotatable bonds is 7. The van der Waals surface area contributed by atoms with Crippen LogP contribution in [0.1, 0.15) is 26.2 Å². The largest absolute Gasteiger partial charge is 0.382 e. The first-order valence-corrected chi connectivity index (χ1v) is 5.87. The van der Waals surface area contributed by atoms with Gasteiger partial charge in [-0.3, -0.25) is 9.63 Å². The van der Waals surface area contributed by atoms with E-state index in [4.69, 9.17) is 9.57 Å². The fraction of sp³-hybridized carbons (Fsp3) is 0.909. The third kappa shape index (κ3) is 3.43. The second-order valence-corrected chi connectivity index (χ2v) is 4.23.